The molecule has 1 amide bonds. The van der Waals surface area contributed by atoms with Crippen molar-refractivity contribution in [2.75, 3.05) is 19.6 Å². The number of likely N-dealkylation sites (tertiary alicyclic amines) is 1. The van der Waals surface area contributed by atoms with E-state index in [4.69, 9.17) is 20.8 Å². The molecule has 2 fully saturated rings. The van der Waals surface area contributed by atoms with Crippen molar-refractivity contribution in [3.05, 3.63) is 58.9 Å². The van der Waals surface area contributed by atoms with Gasteiger partial charge in [0.05, 0.1) is 6.04 Å². The average molecular weight is 499 g/mol. The Morgan fingerprint density at radius 3 is 2.74 bits per heavy atom. The summed E-state index contributed by atoms with van der Waals surface area (Å²) in [4.78, 5) is 19.7. The summed E-state index contributed by atoms with van der Waals surface area (Å²) in [6.07, 6.45) is 4.95. The number of amides is 1. The van der Waals surface area contributed by atoms with Gasteiger partial charge < -0.3 is 29.7 Å². The van der Waals surface area contributed by atoms with Crippen LogP contribution in [0.15, 0.2) is 52.2 Å². The molecule has 1 saturated heterocycles. The Hall–Kier alpha value is -3.14. The number of carbonyl (C=O) groups is 1. The van der Waals surface area contributed by atoms with Crippen molar-refractivity contribution < 1.29 is 24.3 Å². The topological polar surface area (TPSA) is 120 Å². The number of aliphatic hydroxyl groups is 1. The first-order chi connectivity index (χ1) is 17.0. The van der Waals surface area contributed by atoms with E-state index in [1.807, 2.05) is 0 Å². The van der Waals surface area contributed by atoms with Crippen molar-refractivity contribution >= 4 is 34.2 Å². The van der Waals surface area contributed by atoms with Crippen molar-refractivity contribution in [1.29, 1.82) is 0 Å². The van der Waals surface area contributed by atoms with Crippen LogP contribution in [0.5, 0.6) is 5.88 Å². The van der Waals surface area contributed by atoms with E-state index in [9.17, 15) is 15.1 Å². The van der Waals surface area contributed by atoms with Crippen LogP contribution in [0.1, 0.15) is 43.1 Å². The number of oxime groups is 1. The van der Waals surface area contributed by atoms with Gasteiger partial charge in [0.1, 0.15) is 17.8 Å². The molecule has 1 saturated carbocycles. The summed E-state index contributed by atoms with van der Waals surface area (Å²) in [7, 11) is 0. The second kappa shape index (κ2) is 10.2. The molecule has 5 rings (SSSR count). The number of benzene rings is 1. The number of halogens is 1. The van der Waals surface area contributed by atoms with Gasteiger partial charge in [0.25, 0.3) is 5.91 Å². The number of nitrogens with one attached hydrogen (secondary N) is 1. The third kappa shape index (κ3) is 5.58. The number of ether oxygens (including phenoxy) is 1. The summed E-state index contributed by atoms with van der Waals surface area (Å²) in [5.41, 5.74) is 0.771. The fourth-order valence-electron chi connectivity index (χ4n) is 4.27. The molecule has 0 bridgehead atoms. The van der Waals surface area contributed by atoms with E-state index in [0.717, 1.165) is 38.8 Å². The third-order valence-corrected chi connectivity index (χ3v) is 6.53. The number of carbonyl (C=O) groups excluding carboxylic acids is 1. The maximum Gasteiger partial charge on any atom is 0.277 e. The molecule has 1 aliphatic carbocycles. The van der Waals surface area contributed by atoms with Crippen LogP contribution >= 0.6 is 11.6 Å². The molecule has 2 aliphatic rings. The zero-order valence-corrected chi connectivity index (χ0v) is 19.8. The standard InChI is InChI=1S/C25H27ClN4O5/c26-17-4-7-20-16(11-17)12-21(35-20)23(29-33)25(32)28-19(14-30-9-1-2-10-30)24(31)15-3-8-22(27-13-15)34-18-5-6-18/h3-4,7-8,11-13,18-19,24,31,33H,1-2,5-6,9-10,14H2,(H,28,32)/b29-23+/t19-,24-/m1/s1. The van der Waals surface area contributed by atoms with Crippen LogP contribution in [0.2, 0.25) is 5.02 Å². The molecule has 1 aromatic carbocycles. The van der Waals surface area contributed by atoms with Crippen molar-refractivity contribution in [3.8, 4) is 5.88 Å². The zero-order valence-electron chi connectivity index (χ0n) is 19.1. The predicted molar refractivity (Wildman–Crippen MR) is 130 cm³/mol. The van der Waals surface area contributed by atoms with Crippen molar-refractivity contribution in [1.82, 2.24) is 15.2 Å². The van der Waals surface area contributed by atoms with E-state index in [2.05, 4.69) is 20.4 Å². The molecule has 10 heteroatoms. The third-order valence-electron chi connectivity index (χ3n) is 6.29. The lowest BCUT2D eigenvalue weighted by Crippen LogP contribution is -2.48. The Balaban J connectivity index is 1.34. The highest BCUT2D eigenvalue weighted by Crippen LogP contribution is 2.27. The van der Waals surface area contributed by atoms with Gasteiger partial charge in [-0.2, -0.15) is 0 Å². The molecule has 3 heterocycles. The van der Waals surface area contributed by atoms with E-state index in [1.54, 1.807) is 42.6 Å². The van der Waals surface area contributed by atoms with Gasteiger partial charge in [0.15, 0.2) is 5.76 Å². The number of fused-ring (bicyclic) bond motifs is 1. The second-order valence-corrected chi connectivity index (χ2v) is 9.46. The van der Waals surface area contributed by atoms with Crippen molar-refractivity contribution in [2.45, 2.75) is 43.9 Å². The summed E-state index contributed by atoms with van der Waals surface area (Å²) in [5, 5.41) is 28.0. The number of aliphatic hydroxyl groups excluding tert-OH is 1. The quantitative estimate of drug-likeness (QED) is 0.234. The average Bonchev–Trinajstić information content (AvgIpc) is 3.34. The number of pyridine rings is 1. The van der Waals surface area contributed by atoms with Gasteiger partial charge >= 0.3 is 0 Å². The Labute approximate surface area is 207 Å². The van der Waals surface area contributed by atoms with Gasteiger partial charge in [-0.3, -0.25) is 4.79 Å². The molecule has 0 radical (unpaired) electrons. The summed E-state index contributed by atoms with van der Waals surface area (Å²) in [5.74, 6) is -0.0502. The van der Waals surface area contributed by atoms with Crippen LogP contribution in [0.3, 0.4) is 0 Å². The maximum atomic E-state index is 13.2. The van der Waals surface area contributed by atoms with Gasteiger partial charge in [-0.05, 0) is 69.1 Å². The molecule has 35 heavy (non-hydrogen) atoms. The SMILES string of the molecule is O=C(N[C@H](CN1CCCC1)[C@H](O)c1ccc(OC2CC2)nc1)/C(=N/O)c1cc2cc(Cl)ccc2o1. The molecule has 0 unspecified atom stereocenters. The first-order valence-electron chi connectivity index (χ1n) is 11.8. The highest BCUT2D eigenvalue weighted by molar-refractivity contribution is 6.44. The molecule has 2 atom stereocenters. The minimum atomic E-state index is -1.03. The lowest BCUT2D eigenvalue weighted by atomic mass is 10.0. The van der Waals surface area contributed by atoms with Gasteiger partial charge in [-0.1, -0.05) is 16.8 Å². The molecule has 9 nitrogen and oxygen atoms in total. The highest BCUT2D eigenvalue weighted by atomic mass is 35.5. The zero-order chi connectivity index (χ0) is 24.4. The summed E-state index contributed by atoms with van der Waals surface area (Å²) in [6.45, 7) is 2.20. The van der Waals surface area contributed by atoms with E-state index in [0.29, 0.717) is 34.0 Å². The van der Waals surface area contributed by atoms with Crippen molar-refractivity contribution in [2.24, 2.45) is 5.16 Å². The van der Waals surface area contributed by atoms with Gasteiger partial charge in [-0.15, -0.1) is 0 Å². The number of rotatable bonds is 9. The summed E-state index contributed by atoms with van der Waals surface area (Å²) in [6, 6.07) is 9.44. The first kappa shape index (κ1) is 23.6. The number of nitrogens with zero attached hydrogens (tertiary/aromatic N) is 3. The molecule has 2 aromatic heterocycles. The fraction of sp³-hybridized carbons (Fsp3) is 0.400. The number of furan rings is 1. The molecule has 3 N–H and O–H groups in total. The summed E-state index contributed by atoms with van der Waals surface area (Å²) >= 11 is 6.04. The predicted octanol–water partition coefficient (Wildman–Crippen LogP) is 3.51. The van der Waals surface area contributed by atoms with E-state index in [1.165, 1.54) is 0 Å². The van der Waals surface area contributed by atoms with Crippen LogP contribution in [-0.4, -0.2) is 63.6 Å². The molecule has 0 spiro atoms. The Morgan fingerprint density at radius 2 is 2.06 bits per heavy atom. The smallest absolute Gasteiger partial charge is 0.277 e. The lowest BCUT2D eigenvalue weighted by Gasteiger charge is -2.28. The molecule has 184 valence electrons. The largest absolute Gasteiger partial charge is 0.474 e. The Morgan fingerprint density at radius 1 is 1.26 bits per heavy atom. The van der Waals surface area contributed by atoms with Gasteiger partial charge in [0.2, 0.25) is 11.6 Å². The van der Waals surface area contributed by atoms with Gasteiger partial charge in [-0.25, -0.2) is 4.98 Å². The second-order valence-electron chi connectivity index (χ2n) is 9.02. The minimum Gasteiger partial charge on any atom is -0.474 e. The fourth-order valence-corrected chi connectivity index (χ4v) is 4.45. The van der Waals surface area contributed by atoms with Crippen LogP contribution in [0.25, 0.3) is 11.0 Å². The van der Waals surface area contributed by atoms with Gasteiger partial charge in [0, 0.05) is 34.8 Å². The molecule has 3 aromatic rings. The Bertz CT molecular complexity index is 1220. The van der Waals surface area contributed by atoms with Crippen LogP contribution < -0.4 is 10.1 Å². The van der Waals surface area contributed by atoms with E-state index in [-0.39, 0.29) is 17.6 Å². The van der Waals surface area contributed by atoms with E-state index < -0.39 is 18.1 Å². The number of aromatic nitrogens is 1. The summed E-state index contributed by atoms with van der Waals surface area (Å²) < 4.78 is 11.4. The minimum absolute atomic E-state index is 0.0972. The number of hydrogen-bond acceptors (Lipinski definition) is 8. The first-order valence-corrected chi connectivity index (χ1v) is 12.1. The molecular formula is C25H27ClN4O5. The van der Waals surface area contributed by atoms with Crippen LogP contribution in [0, 0.1) is 0 Å². The van der Waals surface area contributed by atoms with Crippen LogP contribution in [0.4, 0.5) is 0 Å². The van der Waals surface area contributed by atoms with Crippen molar-refractivity contribution in [3.63, 3.8) is 0 Å². The van der Waals surface area contributed by atoms with Crippen LogP contribution in [-0.2, 0) is 4.79 Å². The van der Waals surface area contributed by atoms with E-state index >= 15 is 0 Å². The molecule has 1 aliphatic heterocycles. The highest BCUT2D eigenvalue weighted by Gasteiger charge is 2.30. The molecular weight excluding hydrogens is 472 g/mol. The lowest BCUT2D eigenvalue weighted by molar-refractivity contribution is -0.116. The number of hydrogen-bond donors (Lipinski definition) is 3. The maximum absolute atomic E-state index is 13.2. The normalized spacial score (nSPS) is 18.5. The monoisotopic (exact) mass is 498 g/mol. The Kier molecular flexibility index (Phi) is 6.90.